The fourth-order valence-electron chi connectivity index (χ4n) is 2.28. The zero-order valence-electron chi connectivity index (χ0n) is 10.7. The normalized spacial score (nSPS) is 22.8. The van der Waals surface area contributed by atoms with Gasteiger partial charge < -0.3 is 10.4 Å². The van der Waals surface area contributed by atoms with E-state index < -0.39 is 5.97 Å². The average molecular weight is 283 g/mol. The topological polar surface area (TPSA) is 91.3 Å². The number of anilines is 1. The number of carbonyl (C=O) groups is 2. The number of nitrogens with zero attached hydrogens (tertiary/aromatic N) is 1. The van der Waals surface area contributed by atoms with Gasteiger partial charge in [0.25, 0.3) is 0 Å². The molecule has 2 amide bonds. The van der Waals surface area contributed by atoms with Gasteiger partial charge >= 0.3 is 12.0 Å². The minimum Gasteiger partial charge on any atom is -0.481 e. The van der Waals surface area contributed by atoms with E-state index in [-0.39, 0.29) is 18.0 Å². The number of aliphatic carboxylic acids is 1. The van der Waals surface area contributed by atoms with Gasteiger partial charge in [-0.15, -0.1) is 11.3 Å². The van der Waals surface area contributed by atoms with Gasteiger partial charge in [0.15, 0.2) is 5.13 Å². The molecule has 0 radical (unpaired) electrons. The molecule has 1 fully saturated rings. The lowest BCUT2D eigenvalue weighted by molar-refractivity contribution is -0.143. The molecular weight excluding hydrogens is 266 g/mol. The van der Waals surface area contributed by atoms with Crippen molar-refractivity contribution in [1.82, 2.24) is 10.3 Å². The molecule has 0 aliphatic heterocycles. The van der Waals surface area contributed by atoms with Gasteiger partial charge in [-0.25, -0.2) is 9.78 Å². The van der Waals surface area contributed by atoms with E-state index in [2.05, 4.69) is 15.6 Å². The van der Waals surface area contributed by atoms with Crippen LogP contribution in [0.1, 0.15) is 31.4 Å². The van der Waals surface area contributed by atoms with Crippen LogP contribution in [0.2, 0.25) is 0 Å². The highest BCUT2D eigenvalue weighted by molar-refractivity contribution is 7.13. The molecule has 0 bridgehead atoms. The molecular formula is C12H17N3O3S. The van der Waals surface area contributed by atoms with Crippen molar-refractivity contribution in [3.8, 4) is 0 Å². The van der Waals surface area contributed by atoms with Crippen LogP contribution in [0.4, 0.5) is 9.93 Å². The van der Waals surface area contributed by atoms with E-state index >= 15 is 0 Å². The molecule has 1 aliphatic carbocycles. The molecule has 1 heterocycles. The van der Waals surface area contributed by atoms with Gasteiger partial charge in [-0.3, -0.25) is 10.1 Å². The minimum atomic E-state index is -0.776. The molecule has 2 rings (SSSR count). The number of urea groups is 1. The number of carbonyl (C=O) groups excluding carboxylic acids is 1. The third-order valence-electron chi connectivity index (χ3n) is 3.20. The van der Waals surface area contributed by atoms with Crippen LogP contribution in [0.5, 0.6) is 0 Å². The summed E-state index contributed by atoms with van der Waals surface area (Å²) in [5.41, 5.74) is 0.865. The zero-order valence-corrected chi connectivity index (χ0v) is 11.5. The fraction of sp³-hybridized carbons (Fsp3) is 0.583. The second-order valence-corrected chi connectivity index (χ2v) is 5.65. The third kappa shape index (κ3) is 3.92. The molecule has 6 nitrogen and oxygen atoms in total. The van der Waals surface area contributed by atoms with Crippen molar-refractivity contribution < 1.29 is 14.7 Å². The van der Waals surface area contributed by atoms with Crippen molar-refractivity contribution >= 4 is 28.5 Å². The van der Waals surface area contributed by atoms with Crippen LogP contribution >= 0.6 is 11.3 Å². The van der Waals surface area contributed by atoms with Crippen LogP contribution in [0.15, 0.2) is 5.38 Å². The van der Waals surface area contributed by atoms with E-state index in [1.807, 2.05) is 12.3 Å². The van der Waals surface area contributed by atoms with E-state index in [0.717, 1.165) is 18.5 Å². The molecule has 1 aromatic heterocycles. The standard InChI is InChI=1S/C12H17N3O3S/c1-7-6-19-12(13-7)15-11(18)14-9-4-2-3-8(5-9)10(16)17/h6,8-9H,2-5H2,1H3,(H,16,17)(H2,13,14,15,18). The van der Waals surface area contributed by atoms with Gasteiger partial charge in [-0.05, 0) is 26.2 Å². The molecule has 0 saturated heterocycles. The number of rotatable bonds is 3. The summed E-state index contributed by atoms with van der Waals surface area (Å²) >= 11 is 1.37. The summed E-state index contributed by atoms with van der Waals surface area (Å²) in [6, 6.07) is -0.388. The van der Waals surface area contributed by atoms with E-state index in [1.54, 1.807) is 0 Å². The SMILES string of the molecule is Cc1csc(NC(=O)NC2CCCC(C(=O)O)C2)n1. The number of nitrogens with one attached hydrogen (secondary N) is 2. The maximum absolute atomic E-state index is 11.8. The lowest BCUT2D eigenvalue weighted by atomic mass is 9.86. The van der Waals surface area contributed by atoms with Crippen LogP contribution < -0.4 is 10.6 Å². The monoisotopic (exact) mass is 283 g/mol. The lowest BCUT2D eigenvalue weighted by Gasteiger charge is -2.27. The summed E-state index contributed by atoms with van der Waals surface area (Å²) in [6.07, 6.45) is 2.85. The maximum Gasteiger partial charge on any atom is 0.321 e. The highest BCUT2D eigenvalue weighted by Crippen LogP contribution is 2.24. The third-order valence-corrected chi connectivity index (χ3v) is 4.07. The Morgan fingerprint density at radius 1 is 1.47 bits per heavy atom. The van der Waals surface area contributed by atoms with Gasteiger partial charge in [0.05, 0.1) is 11.6 Å². The summed E-state index contributed by atoms with van der Waals surface area (Å²) < 4.78 is 0. The van der Waals surface area contributed by atoms with Crippen molar-refractivity contribution in [2.45, 2.75) is 38.6 Å². The highest BCUT2D eigenvalue weighted by atomic mass is 32.1. The first-order valence-electron chi connectivity index (χ1n) is 6.27. The highest BCUT2D eigenvalue weighted by Gasteiger charge is 2.27. The van der Waals surface area contributed by atoms with Gasteiger partial charge in [0.2, 0.25) is 0 Å². The van der Waals surface area contributed by atoms with Gasteiger partial charge in [-0.2, -0.15) is 0 Å². The number of hydrogen-bond acceptors (Lipinski definition) is 4. The van der Waals surface area contributed by atoms with Gasteiger partial charge in [0, 0.05) is 11.4 Å². The van der Waals surface area contributed by atoms with E-state index in [9.17, 15) is 9.59 Å². The molecule has 104 valence electrons. The van der Waals surface area contributed by atoms with Crippen LogP contribution in [0, 0.1) is 12.8 Å². The molecule has 0 aromatic carbocycles. The van der Waals surface area contributed by atoms with Gasteiger partial charge in [0.1, 0.15) is 0 Å². The van der Waals surface area contributed by atoms with Crippen LogP contribution in [0.3, 0.4) is 0 Å². The number of aryl methyl sites for hydroxylation is 1. The van der Waals surface area contributed by atoms with Crippen molar-refractivity contribution in [2.24, 2.45) is 5.92 Å². The molecule has 7 heteroatoms. The Kier molecular flexibility index (Phi) is 4.36. The number of aromatic nitrogens is 1. The Bertz CT molecular complexity index is 475. The Labute approximate surface area is 115 Å². The minimum absolute atomic E-state index is 0.0732. The van der Waals surface area contributed by atoms with Crippen molar-refractivity contribution in [1.29, 1.82) is 0 Å². The predicted octanol–water partition coefficient (Wildman–Crippen LogP) is 2.22. The largest absolute Gasteiger partial charge is 0.481 e. The fourth-order valence-corrected chi connectivity index (χ4v) is 2.96. The summed E-state index contributed by atoms with van der Waals surface area (Å²) in [5.74, 6) is -1.12. The van der Waals surface area contributed by atoms with Crippen LogP contribution in [-0.2, 0) is 4.79 Å². The second-order valence-electron chi connectivity index (χ2n) is 4.79. The molecule has 3 N–H and O–H groups in total. The molecule has 2 atom stereocenters. The summed E-state index contributed by atoms with van der Waals surface area (Å²) in [5, 5.41) is 16.9. The van der Waals surface area contributed by atoms with E-state index in [1.165, 1.54) is 11.3 Å². The van der Waals surface area contributed by atoms with Crippen molar-refractivity contribution in [3.63, 3.8) is 0 Å². The van der Waals surface area contributed by atoms with Crippen molar-refractivity contribution in [3.05, 3.63) is 11.1 Å². The molecule has 1 aromatic rings. The number of carboxylic acids is 1. The Hall–Kier alpha value is -1.63. The number of hydrogen-bond donors (Lipinski definition) is 3. The summed E-state index contributed by atoms with van der Waals surface area (Å²) in [7, 11) is 0. The molecule has 2 unspecified atom stereocenters. The first-order chi connectivity index (χ1) is 9.04. The molecule has 1 saturated carbocycles. The summed E-state index contributed by atoms with van der Waals surface area (Å²) in [4.78, 5) is 26.8. The molecule has 0 spiro atoms. The molecule has 1 aliphatic rings. The van der Waals surface area contributed by atoms with E-state index in [4.69, 9.17) is 5.11 Å². The first-order valence-corrected chi connectivity index (χ1v) is 7.15. The smallest absolute Gasteiger partial charge is 0.321 e. The lowest BCUT2D eigenvalue weighted by Crippen LogP contribution is -2.42. The van der Waals surface area contributed by atoms with Crippen molar-refractivity contribution in [2.75, 3.05) is 5.32 Å². The van der Waals surface area contributed by atoms with E-state index in [0.29, 0.717) is 18.0 Å². The number of carboxylic acid groups (broad SMARTS) is 1. The average Bonchev–Trinajstić information content (AvgIpc) is 2.74. The quantitative estimate of drug-likeness (QED) is 0.793. The Morgan fingerprint density at radius 3 is 2.89 bits per heavy atom. The van der Waals surface area contributed by atoms with Gasteiger partial charge in [-0.1, -0.05) is 6.42 Å². The Balaban J connectivity index is 1.83. The maximum atomic E-state index is 11.8. The zero-order chi connectivity index (χ0) is 13.8. The summed E-state index contributed by atoms with van der Waals surface area (Å²) in [6.45, 7) is 1.86. The Morgan fingerprint density at radius 2 is 2.26 bits per heavy atom. The predicted molar refractivity (Wildman–Crippen MR) is 72.4 cm³/mol. The number of amides is 2. The van der Waals surface area contributed by atoms with Crippen LogP contribution in [-0.4, -0.2) is 28.1 Å². The second kappa shape index (κ2) is 6.01. The van der Waals surface area contributed by atoms with Crippen LogP contribution in [0.25, 0.3) is 0 Å². The number of thiazole rings is 1. The molecule has 19 heavy (non-hydrogen) atoms. The first kappa shape index (κ1) is 13.8.